The van der Waals surface area contributed by atoms with E-state index in [1.54, 1.807) is 30.5 Å². The van der Waals surface area contributed by atoms with Crippen LogP contribution in [0.4, 0.5) is 5.69 Å². The molecule has 0 radical (unpaired) electrons. The largest absolute Gasteiger partial charge is 0.368 e. The van der Waals surface area contributed by atoms with Crippen LogP contribution in [0.15, 0.2) is 59.5 Å². The number of pyridine rings is 1. The van der Waals surface area contributed by atoms with Crippen LogP contribution >= 0.6 is 12.4 Å². The molecule has 14 heteroatoms. The molecule has 2 aromatic carbocycles. The molecule has 1 aliphatic heterocycles. The SMILES string of the molecule is Cc1cc(C(=O)N[C@@H]2CCCNC2=O)ncc1-c1ccc(C[C@@H](C(N)=O)N(c2ccc3[nH]c(=O)[nH]c3c2)C(=O)[C@H]2CC[C@H](CN)CC2)cc1.Cl. The monoisotopic (exact) mass is 702 g/mol. The lowest BCUT2D eigenvalue weighted by atomic mass is 9.81. The lowest BCUT2D eigenvalue weighted by Gasteiger charge is -2.35. The standard InChI is InChI=1S/C36H42N8O5.ClH/c1-20-15-30(34(47)41-28-3-2-14-39-33(28)46)40-19-26(20)23-8-4-21(5-9-23)16-31(32(38)45)44(35(48)24-10-6-22(18-37)7-11-24)25-12-13-27-29(17-25)43-36(49)42-27;/h4-5,8-9,12-13,15,17,19,22,24,28,31H,2-3,6-7,10-11,14,16,18,37H2,1H3,(H2,38,45)(H,39,46)(H,41,47)(H2,42,43,49);1H/t22-,24-,28-,31+;/m1./s1. The Hall–Kier alpha value is -5.01. The van der Waals surface area contributed by atoms with Crippen molar-refractivity contribution in [2.75, 3.05) is 18.0 Å². The summed E-state index contributed by atoms with van der Waals surface area (Å²) in [6.45, 7) is 3.08. The molecule has 2 fully saturated rings. The smallest absolute Gasteiger partial charge is 0.323 e. The summed E-state index contributed by atoms with van der Waals surface area (Å²) in [4.78, 5) is 75.5. The molecule has 2 aromatic heterocycles. The number of anilines is 1. The number of hydrogen-bond acceptors (Lipinski definition) is 7. The lowest BCUT2D eigenvalue weighted by molar-refractivity contribution is -0.127. The number of nitrogens with two attached hydrogens (primary N) is 2. The van der Waals surface area contributed by atoms with Crippen LogP contribution in [-0.2, 0) is 20.8 Å². The number of carbonyl (C=O) groups excluding carboxylic acids is 4. The van der Waals surface area contributed by atoms with Gasteiger partial charge in [0, 0.05) is 36.3 Å². The molecule has 6 rings (SSSR count). The number of aromatic nitrogens is 3. The molecule has 8 N–H and O–H groups in total. The highest BCUT2D eigenvalue weighted by molar-refractivity contribution is 6.03. The van der Waals surface area contributed by atoms with Gasteiger partial charge in [0.1, 0.15) is 17.8 Å². The first-order valence-corrected chi connectivity index (χ1v) is 16.8. The minimum atomic E-state index is -0.985. The van der Waals surface area contributed by atoms with Crippen molar-refractivity contribution in [3.05, 3.63) is 82.0 Å². The molecule has 2 aliphatic rings. The van der Waals surface area contributed by atoms with Crippen molar-refractivity contribution >= 4 is 52.8 Å². The average Bonchev–Trinajstić information content (AvgIpc) is 3.48. The Kier molecular flexibility index (Phi) is 11.4. The van der Waals surface area contributed by atoms with E-state index in [0.29, 0.717) is 55.0 Å². The first-order valence-electron chi connectivity index (χ1n) is 16.8. The van der Waals surface area contributed by atoms with E-state index in [-0.39, 0.29) is 47.9 Å². The zero-order valence-electron chi connectivity index (χ0n) is 27.9. The third kappa shape index (κ3) is 7.89. The normalized spacial score (nSPS) is 19.6. The molecule has 0 unspecified atom stereocenters. The summed E-state index contributed by atoms with van der Waals surface area (Å²) in [7, 11) is 0. The van der Waals surface area contributed by atoms with Crippen LogP contribution in [0.2, 0.25) is 0 Å². The number of hydrogen-bond donors (Lipinski definition) is 6. The summed E-state index contributed by atoms with van der Waals surface area (Å²) in [5.74, 6) is -1.32. The summed E-state index contributed by atoms with van der Waals surface area (Å²) >= 11 is 0. The van der Waals surface area contributed by atoms with Crippen molar-refractivity contribution in [1.29, 1.82) is 0 Å². The highest BCUT2D eigenvalue weighted by Crippen LogP contribution is 2.33. The second kappa shape index (κ2) is 15.7. The number of piperidine rings is 1. The summed E-state index contributed by atoms with van der Waals surface area (Å²) in [5.41, 5.74) is 16.7. The highest BCUT2D eigenvalue weighted by atomic mass is 35.5. The summed E-state index contributed by atoms with van der Waals surface area (Å²) in [6.07, 6.45) is 6.21. The Balaban J connectivity index is 0.00000486. The maximum absolute atomic E-state index is 14.2. The number of halogens is 1. The third-order valence-corrected chi connectivity index (χ3v) is 9.81. The number of H-pyrrole nitrogens is 2. The maximum Gasteiger partial charge on any atom is 0.323 e. The predicted octanol–water partition coefficient (Wildman–Crippen LogP) is 2.85. The predicted molar refractivity (Wildman–Crippen MR) is 193 cm³/mol. The molecule has 13 nitrogen and oxygen atoms in total. The number of aromatic amines is 2. The van der Waals surface area contributed by atoms with E-state index in [4.69, 9.17) is 11.5 Å². The van der Waals surface area contributed by atoms with Crippen molar-refractivity contribution < 1.29 is 19.2 Å². The van der Waals surface area contributed by atoms with Gasteiger partial charge in [-0.2, -0.15) is 0 Å². The summed E-state index contributed by atoms with van der Waals surface area (Å²) in [5, 5.41) is 5.53. The second-order valence-corrected chi connectivity index (χ2v) is 13.1. The average molecular weight is 703 g/mol. The molecular formula is C36H43ClN8O5. The van der Waals surface area contributed by atoms with Gasteiger partial charge in [-0.3, -0.25) is 29.1 Å². The quantitative estimate of drug-likeness (QED) is 0.145. The van der Waals surface area contributed by atoms with E-state index in [0.717, 1.165) is 41.5 Å². The minimum absolute atomic E-state index is 0. The van der Waals surface area contributed by atoms with E-state index in [1.165, 1.54) is 4.90 Å². The number of carbonyl (C=O) groups is 4. The van der Waals surface area contributed by atoms with Gasteiger partial charge in [-0.15, -0.1) is 12.4 Å². The molecule has 2 atom stereocenters. The van der Waals surface area contributed by atoms with Crippen LogP contribution in [0.1, 0.15) is 60.1 Å². The maximum atomic E-state index is 14.2. The number of fused-ring (bicyclic) bond motifs is 1. The van der Waals surface area contributed by atoms with Crippen molar-refractivity contribution in [3.63, 3.8) is 0 Å². The van der Waals surface area contributed by atoms with E-state index in [9.17, 15) is 24.0 Å². The highest BCUT2D eigenvalue weighted by Gasteiger charge is 2.36. The Bertz CT molecular complexity index is 1930. The molecule has 50 heavy (non-hydrogen) atoms. The minimum Gasteiger partial charge on any atom is -0.368 e. The van der Waals surface area contributed by atoms with Gasteiger partial charge in [0.25, 0.3) is 5.91 Å². The molecule has 1 saturated heterocycles. The van der Waals surface area contributed by atoms with E-state index >= 15 is 0 Å². The van der Waals surface area contributed by atoms with Crippen LogP contribution in [0, 0.1) is 18.8 Å². The number of amides is 4. The van der Waals surface area contributed by atoms with Crippen molar-refractivity contribution in [1.82, 2.24) is 25.6 Å². The Morgan fingerprint density at radius 2 is 1.70 bits per heavy atom. The molecule has 264 valence electrons. The third-order valence-electron chi connectivity index (χ3n) is 9.81. The van der Waals surface area contributed by atoms with Crippen LogP contribution in [0.5, 0.6) is 0 Å². The molecule has 3 heterocycles. The number of benzene rings is 2. The van der Waals surface area contributed by atoms with Gasteiger partial charge in [0.15, 0.2) is 0 Å². The molecule has 4 amide bonds. The van der Waals surface area contributed by atoms with E-state index < -0.39 is 23.9 Å². The van der Waals surface area contributed by atoms with Gasteiger partial charge < -0.3 is 32.1 Å². The molecule has 0 spiro atoms. The topological polar surface area (TPSA) is 209 Å². The number of nitrogens with zero attached hydrogens (tertiary/aromatic N) is 2. The van der Waals surface area contributed by atoms with Crippen LogP contribution < -0.4 is 32.7 Å². The van der Waals surface area contributed by atoms with Gasteiger partial charge in [0.2, 0.25) is 17.7 Å². The van der Waals surface area contributed by atoms with Gasteiger partial charge in [-0.05, 0) is 98.9 Å². The van der Waals surface area contributed by atoms with Crippen molar-refractivity contribution in [2.24, 2.45) is 23.3 Å². The molecule has 1 saturated carbocycles. The summed E-state index contributed by atoms with van der Waals surface area (Å²) in [6, 6.07) is 12.8. The molecular weight excluding hydrogens is 660 g/mol. The Morgan fingerprint density at radius 1 is 0.980 bits per heavy atom. The fourth-order valence-corrected chi connectivity index (χ4v) is 6.96. The van der Waals surface area contributed by atoms with E-state index in [2.05, 4.69) is 25.6 Å². The number of primary amides is 1. The molecule has 1 aliphatic carbocycles. The first kappa shape index (κ1) is 36.3. The zero-order chi connectivity index (χ0) is 34.7. The van der Waals surface area contributed by atoms with Crippen molar-refractivity contribution in [3.8, 4) is 11.1 Å². The van der Waals surface area contributed by atoms with Crippen molar-refractivity contribution in [2.45, 2.75) is 64.0 Å². The Labute approximate surface area is 295 Å². The van der Waals surface area contributed by atoms with Gasteiger partial charge in [-0.1, -0.05) is 24.3 Å². The first-order chi connectivity index (χ1) is 23.6. The molecule has 0 bridgehead atoms. The lowest BCUT2D eigenvalue weighted by Crippen LogP contribution is -2.52. The Morgan fingerprint density at radius 3 is 2.36 bits per heavy atom. The second-order valence-electron chi connectivity index (χ2n) is 13.1. The number of nitrogens with one attached hydrogen (secondary N) is 4. The summed E-state index contributed by atoms with van der Waals surface area (Å²) < 4.78 is 0. The number of rotatable bonds is 10. The fourth-order valence-electron chi connectivity index (χ4n) is 6.96. The van der Waals surface area contributed by atoms with Gasteiger partial charge in [0.05, 0.1) is 11.0 Å². The van der Waals surface area contributed by atoms with Gasteiger partial charge >= 0.3 is 5.69 Å². The van der Waals surface area contributed by atoms with Crippen LogP contribution in [-0.4, -0.2) is 63.8 Å². The number of imidazole rings is 1. The van der Waals surface area contributed by atoms with Crippen LogP contribution in [0.3, 0.4) is 0 Å². The van der Waals surface area contributed by atoms with Crippen LogP contribution in [0.25, 0.3) is 22.2 Å². The number of aryl methyl sites for hydroxylation is 1. The molecule has 4 aromatic rings. The van der Waals surface area contributed by atoms with E-state index in [1.807, 2.05) is 31.2 Å². The van der Waals surface area contributed by atoms with Gasteiger partial charge in [-0.25, -0.2) is 4.79 Å². The zero-order valence-corrected chi connectivity index (χ0v) is 28.7. The fraction of sp³-hybridized carbons (Fsp3) is 0.389.